The molecule has 0 bridgehead atoms. The number of hydrogen-bond donors (Lipinski definition) is 1. The predicted octanol–water partition coefficient (Wildman–Crippen LogP) is 5.73. The second-order valence-electron chi connectivity index (χ2n) is 5.73. The Morgan fingerprint density at radius 3 is 2.42 bits per heavy atom. The zero-order valence-electron chi connectivity index (χ0n) is 13.7. The second-order valence-corrected chi connectivity index (χ2v) is 7.03. The molecule has 0 spiro atoms. The summed E-state index contributed by atoms with van der Waals surface area (Å²) in [4.78, 5) is 11.8. The summed E-state index contributed by atoms with van der Waals surface area (Å²) >= 11 is 0. The van der Waals surface area contributed by atoms with E-state index < -0.39 is 5.82 Å². The van der Waals surface area contributed by atoms with Crippen molar-refractivity contribution >= 4 is 19.7 Å². The van der Waals surface area contributed by atoms with Gasteiger partial charge in [0.2, 0.25) is 0 Å². The number of ketones is 1. The molecule has 2 aromatic carbocycles. The van der Waals surface area contributed by atoms with E-state index in [0.29, 0.717) is 11.1 Å². The van der Waals surface area contributed by atoms with E-state index in [0.717, 1.165) is 35.9 Å². The maximum atomic E-state index is 13.7. The van der Waals surface area contributed by atoms with Crippen molar-refractivity contribution in [2.75, 3.05) is 5.73 Å². The number of carbonyl (C=O) groups excluding carboxylic acids is 1. The van der Waals surface area contributed by atoms with E-state index in [9.17, 15) is 9.18 Å². The number of nitrogen functional groups attached to an aromatic ring is 1. The van der Waals surface area contributed by atoms with Gasteiger partial charge in [0, 0.05) is 5.56 Å². The molecule has 5 heteroatoms. The van der Waals surface area contributed by atoms with Gasteiger partial charge in [-0.05, 0) is 57.8 Å². The minimum Gasteiger partial charge on any atom is -0.456 e. The van der Waals surface area contributed by atoms with Gasteiger partial charge in [0.1, 0.15) is 17.1 Å². The molecule has 0 saturated heterocycles. The number of aryl methyl sites for hydroxylation is 2. The van der Waals surface area contributed by atoms with Crippen LogP contribution in [0.5, 0.6) is 0 Å². The average molecular weight is 341 g/mol. The number of anilines is 1. The average Bonchev–Trinajstić information content (AvgIpc) is 2.92. The van der Waals surface area contributed by atoms with Crippen LogP contribution in [0.3, 0.4) is 0 Å². The fraction of sp³-hybridized carbons (Fsp3) is 0.158. The van der Waals surface area contributed by atoms with Crippen LogP contribution >= 0.6 is 8.19 Å². The Morgan fingerprint density at radius 1 is 1.12 bits per heavy atom. The third-order valence-corrected chi connectivity index (χ3v) is 5.02. The monoisotopic (exact) mass is 341 g/mol. The van der Waals surface area contributed by atoms with Gasteiger partial charge in [-0.1, -0.05) is 24.3 Å². The Hall–Kier alpha value is -2.45. The summed E-state index contributed by atoms with van der Waals surface area (Å²) in [5.74, 6) is 0.195. The molecule has 0 unspecified atom stereocenters. The first-order valence-electron chi connectivity index (χ1n) is 7.51. The highest BCUT2D eigenvalue weighted by molar-refractivity contribution is 7.33. The van der Waals surface area contributed by atoms with Gasteiger partial charge in [-0.3, -0.25) is 4.79 Å². The van der Waals surface area contributed by atoms with Crippen molar-refractivity contribution in [2.45, 2.75) is 20.8 Å². The van der Waals surface area contributed by atoms with Crippen molar-refractivity contribution in [3.05, 3.63) is 58.6 Å². The molecule has 24 heavy (non-hydrogen) atoms. The first kappa shape index (κ1) is 16.4. The molecule has 1 aromatic heterocycles. The highest BCUT2D eigenvalue weighted by atomic mass is 31.0. The van der Waals surface area contributed by atoms with E-state index in [2.05, 4.69) is 0 Å². The van der Waals surface area contributed by atoms with E-state index >= 15 is 0 Å². The van der Waals surface area contributed by atoms with Crippen LogP contribution in [0.2, 0.25) is 0 Å². The highest BCUT2D eigenvalue weighted by Crippen LogP contribution is 2.37. The minimum atomic E-state index is -0.432. The Labute approximate surface area is 141 Å². The Bertz CT molecular complexity index is 947. The van der Waals surface area contributed by atoms with Crippen molar-refractivity contribution in [1.82, 2.24) is 0 Å². The Balaban J connectivity index is 2.08. The van der Waals surface area contributed by atoms with Crippen molar-refractivity contribution in [3.63, 3.8) is 0 Å². The lowest BCUT2D eigenvalue weighted by atomic mass is 9.98. The number of halogens is 1. The van der Waals surface area contributed by atoms with Crippen LogP contribution in [0.4, 0.5) is 10.1 Å². The summed E-state index contributed by atoms with van der Waals surface area (Å²) in [6.45, 7) is 5.36. The normalized spacial score (nSPS) is 11.2. The van der Waals surface area contributed by atoms with Crippen LogP contribution in [0.15, 0.2) is 40.8 Å². The summed E-state index contributed by atoms with van der Waals surface area (Å²) < 4.78 is 19.4. The summed E-state index contributed by atoms with van der Waals surface area (Å²) in [7, 11) is 0.817. The summed E-state index contributed by atoms with van der Waals surface area (Å²) in [5.41, 5.74) is 9.93. The molecule has 3 nitrogen and oxygen atoms in total. The summed E-state index contributed by atoms with van der Waals surface area (Å²) in [6.07, 6.45) is 0. The molecule has 2 N–H and O–H groups in total. The van der Waals surface area contributed by atoms with Gasteiger partial charge >= 0.3 is 0 Å². The van der Waals surface area contributed by atoms with E-state index in [-0.39, 0.29) is 11.5 Å². The molecule has 122 valence electrons. The molecular weight excluding hydrogens is 324 g/mol. The van der Waals surface area contributed by atoms with Crippen molar-refractivity contribution in [2.24, 2.45) is 0 Å². The van der Waals surface area contributed by atoms with Crippen LogP contribution in [0, 0.1) is 19.7 Å². The quantitative estimate of drug-likeness (QED) is 0.488. The summed E-state index contributed by atoms with van der Waals surface area (Å²) in [5, 5.41) is 0.668. The predicted molar refractivity (Wildman–Crippen MR) is 95.9 cm³/mol. The van der Waals surface area contributed by atoms with Crippen LogP contribution in [-0.4, -0.2) is 5.78 Å². The van der Waals surface area contributed by atoms with E-state index in [1.807, 2.05) is 32.0 Å². The maximum absolute atomic E-state index is 13.7. The number of hydrogen-bond acceptors (Lipinski definition) is 3. The SMILES string of the molecule is CC(=O)c1pc(C)oc1-c1ccc(-c2ccc(N)c(F)c2)cc1C. The van der Waals surface area contributed by atoms with Gasteiger partial charge in [0.15, 0.2) is 5.78 Å². The van der Waals surface area contributed by atoms with Crippen molar-refractivity contribution in [1.29, 1.82) is 0 Å². The van der Waals surface area contributed by atoms with Crippen LogP contribution in [0.25, 0.3) is 22.5 Å². The number of benzene rings is 2. The maximum Gasteiger partial charge on any atom is 0.168 e. The van der Waals surface area contributed by atoms with Gasteiger partial charge in [0.25, 0.3) is 0 Å². The van der Waals surface area contributed by atoms with Crippen molar-refractivity contribution in [3.8, 4) is 22.5 Å². The molecule has 0 fully saturated rings. The number of Topliss-reactive ketones (excluding diaryl/α,β-unsaturated/α-hetero) is 1. The topological polar surface area (TPSA) is 56.2 Å². The fourth-order valence-corrected chi connectivity index (χ4v) is 3.53. The zero-order valence-corrected chi connectivity index (χ0v) is 14.6. The van der Waals surface area contributed by atoms with Gasteiger partial charge in [0.05, 0.1) is 11.0 Å². The lowest BCUT2D eigenvalue weighted by Crippen LogP contribution is -1.93. The van der Waals surface area contributed by atoms with E-state index in [1.165, 1.54) is 6.07 Å². The van der Waals surface area contributed by atoms with E-state index in [1.54, 1.807) is 19.1 Å². The smallest absolute Gasteiger partial charge is 0.168 e. The van der Waals surface area contributed by atoms with Crippen molar-refractivity contribution < 1.29 is 13.6 Å². The Kier molecular flexibility index (Phi) is 4.25. The number of nitrogens with two attached hydrogens (primary N) is 1. The highest BCUT2D eigenvalue weighted by Gasteiger charge is 2.18. The molecule has 0 radical (unpaired) electrons. The van der Waals surface area contributed by atoms with Gasteiger partial charge in [-0.25, -0.2) is 4.39 Å². The van der Waals surface area contributed by atoms with Gasteiger partial charge < -0.3 is 10.2 Å². The largest absolute Gasteiger partial charge is 0.456 e. The summed E-state index contributed by atoms with van der Waals surface area (Å²) in [6, 6.07) is 10.5. The number of carbonyl (C=O) groups is 1. The third-order valence-electron chi connectivity index (χ3n) is 3.87. The minimum absolute atomic E-state index is 0.00704. The lowest BCUT2D eigenvalue weighted by Gasteiger charge is -2.09. The zero-order chi connectivity index (χ0) is 17.4. The molecule has 0 atom stereocenters. The Morgan fingerprint density at radius 2 is 1.79 bits per heavy atom. The molecule has 3 aromatic rings. The molecule has 0 amide bonds. The molecule has 0 aliphatic rings. The first-order valence-corrected chi connectivity index (χ1v) is 8.41. The van der Waals surface area contributed by atoms with Gasteiger partial charge in [-0.15, -0.1) is 0 Å². The first-order chi connectivity index (χ1) is 11.4. The molecule has 3 rings (SSSR count). The van der Waals surface area contributed by atoms with Crippen LogP contribution in [-0.2, 0) is 0 Å². The molecule has 0 aliphatic carbocycles. The molecule has 0 aliphatic heterocycles. The van der Waals surface area contributed by atoms with Crippen LogP contribution in [0.1, 0.15) is 28.1 Å². The lowest BCUT2D eigenvalue weighted by molar-refractivity contribution is 0.102. The fourth-order valence-electron chi connectivity index (χ4n) is 2.65. The standard InChI is InChI=1S/C19H17FNO2P/c1-10-8-13(14-5-7-17(21)16(20)9-14)4-6-15(10)18-19(11(2)22)24-12(3)23-18/h4-9H,21H2,1-3H3. The molecule has 1 heterocycles. The number of rotatable bonds is 3. The molecule has 0 saturated carbocycles. The van der Waals surface area contributed by atoms with E-state index in [4.69, 9.17) is 10.2 Å². The van der Waals surface area contributed by atoms with Gasteiger partial charge in [-0.2, -0.15) is 0 Å². The molecular formula is C19H17FNO2P. The van der Waals surface area contributed by atoms with Crippen LogP contribution < -0.4 is 5.73 Å². The third kappa shape index (κ3) is 2.98. The second kappa shape index (κ2) is 6.21.